The van der Waals surface area contributed by atoms with Crippen molar-refractivity contribution in [2.75, 3.05) is 26.1 Å². The van der Waals surface area contributed by atoms with Gasteiger partial charge in [0.1, 0.15) is 5.75 Å². The quantitative estimate of drug-likeness (QED) is 0.731. The number of rotatable bonds is 2. The zero-order valence-electron chi connectivity index (χ0n) is 8.47. The first-order valence-electron chi connectivity index (χ1n) is 4.48. The maximum atomic E-state index is 5.64. The van der Waals surface area contributed by atoms with Crippen molar-refractivity contribution in [3.8, 4) is 5.75 Å². The van der Waals surface area contributed by atoms with Gasteiger partial charge in [0, 0.05) is 23.5 Å². The van der Waals surface area contributed by atoms with Crippen molar-refractivity contribution < 1.29 is 14.2 Å². The highest BCUT2D eigenvalue weighted by atomic mass is 16.7. The number of benzene rings is 1. The van der Waals surface area contributed by atoms with E-state index in [1.807, 2.05) is 12.1 Å². The molecule has 81 valence electrons. The van der Waals surface area contributed by atoms with Crippen LogP contribution in [-0.2, 0) is 9.47 Å². The zero-order chi connectivity index (χ0) is 9.97. The van der Waals surface area contributed by atoms with Gasteiger partial charge in [-0.05, 0) is 12.1 Å². The fraction of sp³-hybridized carbons (Fsp3) is 0.400. The normalized spacial score (nSPS) is 16.1. The number of nitrogens with zero attached hydrogens (tertiary/aromatic N) is 1. The van der Waals surface area contributed by atoms with Crippen LogP contribution >= 0.6 is 0 Å². The lowest BCUT2D eigenvalue weighted by molar-refractivity contribution is -0.0454. The number of methoxy groups -OCH3 is 1. The lowest BCUT2D eigenvalue weighted by atomic mass is 10.1. The lowest BCUT2D eigenvalue weighted by Gasteiger charge is -2.13. The van der Waals surface area contributed by atoms with Crippen LogP contribution in [0.5, 0.6) is 5.75 Å². The first kappa shape index (κ1) is 11.8. The van der Waals surface area contributed by atoms with Crippen LogP contribution in [0, 0.1) is 0 Å². The molecule has 0 aromatic heterocycles. The molecule has 0 bridgehead atoms. The van der Waals surface area contributed by atoms with E-state index in [4.69, 9.17) is 19.9 Å². The Hall–Kier alpha value is -1.30. The van der Waals surface area contributed by atoms with Crippen molar-refractivity contribution in [3.63, 3.8) is 0 Å². The summed E-state index contributed by atoms with van der Waals surface area (Å²) in [6.45, 7) is 1.25. The van der Waals surface area contributed by atoms with Gasteiger partial charge < -0.3 is 19.9 Å². The van der Waals surface area contributed by atoms with Crippen LogP contribution in [0.25, 0.3) is 0 Å². The predicted molar refractivity (Wildman–Crippen MR) is 54.2 cm³/mol. The van der Waals surface area contributed by atoms with E-state index in [2.05, 4.69) is 0 Å². The summed E-state index contributed by atoms with van der Waals surface area (Å²) in [7, 11) is 1.60. The lowest BCUT2D eigenvalue weighted by Crippen LogP contribution is -2.02. The van der Waals surface area contributed by atoms with Gasteiger partial charge in [-0.1, -0.05) is 0 Å². The zero-order valence-corrected chi connectivity index (χ0v) is 8.47. The smallest absolute Gasteiger partial charge is 0.187 e. The Morgan fingerprint density at radius 2 is 2.00 bits per heavy atom. The molecule has 0 amide bonds. The molecule has 1 aromatic rings. The molecule has 1 saturated heterocycles. The topological polar surface area (TPSA) is 84.2 Å². The van der Waals surface area contributed by atoms with Crippen molar-refractivity contribution in [1.29, 1.82) is 0 Å². The fourth-order valence-corrected chi connectivity index (χ4v) is 1.46. The van der Waals surface area contributed by atoms with Crippen LogP contribution in [-0.4, -0.2) is 20.3 Å². The van der Waals surface area contributed by atoms with Crippen molar-refractivity contribution in [1.82, 2.24) is 6.15 Å². The highest BCUT2D eigenvalue weighted by Gasteiger charge is 2.21. The third kappa shape index (κ3) is 2.38. The third-order valence-corrected chi connectivity index (χ3v) is 2.13. The molecule has 0 spiro atoms. The fourth-order valence-electron chi connectivity index (χ4n) is 1.46. The molecule has 0 unspecified atom stereocenters. The van der Waals surface area contributed by atoms with E-state index < -0.39 is 0 Å². The van der Waals surface area contributed by atoms with E-state index in [0.29, 0.717) is 24.7 Å². The van der Waals surface area contributed by atoms with E-state index >= 15 is 0 Å². The van der Waals surface area contributed by atoms with Crippen LogP contribution in [0.3, 0.4) is 0 Å². The Morgan fingerprint density at radius 1 is 1.33 bits per heavy atom. The highest BCUT2D eigenvalue weighted by molar-refractivity contribution is 5.49. The SMILES string of the molecule is COc1cc(N)ccc1C1OCCO1.[N]. The minimum atomic E-state index is -0.314. The first-order valence-corrected chi connectivity index (χ1v) is 4.48. The molecule has 15 heavy (non-hydrogen) atoms. The first-order chi connectivity index (χ1) is 6.81. The number of nitrogen functional groups attached to an aromatic ring is 1. The third-order valence-electron chi connectivity index (χ3n) is 2.13. The average molecular weight is 209 g/mol. The van der Waals surface area contributed by atoms with Crippen molar-refractivity contribution in [3.05, 3.63) is 23.8 Å². The molecule has 2 rings (SSSR count). The maximum Gasteiger partial charge on any atom is 0.187 e. The minimum Gasteiger partial charge on any atom is -0.496 e. The van der Waals surface area contributed by atoms with E-state index in [1.165, 1.54) is 0 Å². The van der Waals surface area contributed by atoms with Crippen LogP contribution in [0.4, 0.5) is 5.69 Å². The molecule has 5 heteroatoms. The molecule has 5 nitrogen and oxygen atoms in total. The monoisotopic (exact) mass is 209 g/mol. The van der Waals surface area contributed by atoms with Crippen LogP contribution in [0.15, 0.2) is 18.2 Å². The Kier molecular flexibility index (Phi) is 3.90. The summed E-state index contributed by atoms with van der Waals surface area (Å²) in [5.74, 6) is 0.705. The van der Waals surface area contributed by atoms with Gasteiger partial charge in [0.25, 0.3) is 0 Å². The molecule has 1 heterocycles. The average Bonchev–Trinajstić information content (AvgIpc) is 2.70. The Morgan fingerprint density at radius 3 is 2.60 bits per heavy atom. The molecule has 2 N–H and O–H groups in total. The summed E-state index contributed by atoms with van der Waals surface area (Å²) in [6, 6.07) is 5.44. The second-order valence-electron chi connectivity index (χ2n) is 3.07. The molecular weight excluding hydrogens is 196 g/mol. The largest absolute Gasteiger partial charge is 0.496 e. The van der Waals surface area contributed by atoms with Gasteiger partial charge >= 0.3 is 0 Å². The summed E-state index contributed by atoms with van der Waals surface area (Å²) in [6.07, 6.45) is -0.314. The van der Waals surface area contributed by atoms with Crippen molar-refractivity contribution >= 4 is 5.69 Å². The number of hydrogen-bond donors (Lipinski definition) is 1. The maximum absolute atomic E-state index is 5.64. The van der Waals surface area contributed by atoms with Gasteiger partial charge in [-0.25, -0.2) is 0 Å². The molecule has 1 fully saturated rings. The molecule has 0 aliphatic carbocycles. The molecule has 0 atom stereocenters. The number of hydrogen-bond acceptors (Lipinski definition) is 4. The Bertz CT molecular complexity index is 324. The van der Waals surface area contributed by atoms with E-state index in [1.54, 1.807) is 13.2 Å². The van der Waals surface area contributed by atoms with Crippen LogP contribution in [0.1, 0.15) is 11.9 Å². The number of ether oxygens (including phenoxy) is 3. The minimum absolute atomic E-state index is 0. The molecule has 1 aliphatic rings. The molecule has 0 saturated carbocycles. The van der Waals surface area contributed by atoms with Crippen LogP contribution in [0.2, 0.25) is 0 Å². The van der Waals surface area contributed by atoms with Gasteiger partial charge in [-0.2, -0.15) is 0 Å². The van der Waals surface area contributed by atoms with Gasteiger partial charge in [0.05, 0.1) is 20.3 Å². The molecule has 1 aliphatic heterocycles. The number of anilines is 1. The Labute approximate surface area is 88.7 Å². The second kappa shape index (κ2) is 4.97. The predicted octanol–water partition coefficient (Wildman–Crippen LogP) is 0.842. The van der Waals surface area contributed by atoms with E-state index in [9.17, 15) is 0 Å². The standard InChI is InChI=1S/C10H13NO3.N/c1-12-9-6-7(11)2-3-8(9)10-13-4-5-14-10;/h2-3,6,10H,4-5,11H2,1H3;. The van der Waals surface area contributed by atoms with Gasteiger partial charge in [0.2, 0.25) is 0 Å². The van der Waals surface area contributed by atoms with E-state index in [0.717, 1.165) is 5.56 Å². The highest BCUT2D eigenvalue weighted by Crippen LogP contribution is 2.32. The van der Waals surface area contributed by atoms with Crippen molar-refractivity contribution in [2.24, 2.45) is 0 Å². The Balaban J connectivity index is 0.00000112. The van der Waals surface area contributed by atoms with E-state index in [-0.39, 0.29) is 12.4 Å². The van der Waals surface area contributed by atoms with Gasteiger partial charge in [-0.15, -0.1) is 0 Å². The molecule has 1 aromatic carbocycles. The summed E-state index contributed by atoms with van der Waals surface area (Å²) >= 11 is 0. The van der Waals surface area contributed by atoms with Gasteiger partial charge in [-0.3, -0.25) is 0 Å². The number of nitrogens with two attached hydrogens (primary N) is 1. The van der Waals surface area contributed by atoms with Crippen LogP contribution < -0.4 is 16.6 Å². The van der Waals surface area contributed by atoms with Gasteiger partial charge in [0.15, 0.2) is 6.29 Å². The summed E-state index contributed by atoms with van der Waals surface area (Å²) in [5, 5.41) is 0. The summed E-state index contributed by atoms with van der Waals surface area (Å²) in [5.41, 5.74) is 7.20. The molecule has 3 radical (unpaired) electrons. The summed E-state index contributed by atoms with van der Waals surface area (Å²) in [4.78, 5) is 0. The second-order valence-corrected chi connectivity index (χ2v) is 3.07. The van der Waals surface area contributed by atoms with Crippen molar-refractivity contribution in [2.45, 2.75) is 6.29 Å². The molecular formula is C10H13N2O3. The summed E-state index contributed by atoms with van der Waals surface area (Å²) < 4.78 is 16.0.